The molecule has 3 rings (SSSR count). The highest BCUT2D eigenvalue weighted by Gasteiger charge is 2.38. The number of methoxy groups -OCH3 is 1. The molecule has 0 spiro atoms. The van der Waals surface area contributed by atoms with Gasteiger partial charge in [-0.25, -0.2) is 9.97 Å². The van der Waals surface area contributed by atoms with E-state index in [4.69, 9.17) is 4.74 Å². The van der Waals surface area contributed by atoms with E-state index in [1.54, 1.807) is 25.9 Å². The van der Waals surface area contributed by atoms with Crippen molar-refractivity contribution in [3.05, 3.63) is 71.5 Å². The molecule has 0 saturated carbocycles. The molecule has 0 bridgehead atoms. The average Bonchev–Trinajstić information content (AvgIpc) is 2.85. The van der Waals surface area contributed by atoms with Gasteiger partial charge in [0.25, 0.3) is 0 Å². The maximum atomic E-state index is 13.6. The number of ether oxygens (including phenoxy) is 1. The van der Waals surface area contributed by atoms with Crippen molar-refractivity contribution < 1.29 is 14.3 Å². The zero-order valence-electron chi connectivity index (χ0n) is 22.5. The average molecular weight is 522 g/mol. The van der Waals surface area contributed by atoms with Gasteiger partial charge in [0.05, 0.1) is 12.9 Å². The molecule has 0 fully saturated rings. The number of nitrogens with one attached hydrogen (secondary N) is 1. The van der Waals surface area contributed by atoms with Crippen LogP contribution in [0.3, 0.4) is 0 Å². The number of amides is 2. The van der Waals surface area contributed by atoms with E-state index in [1.807, 2.05) is 87.4 Å². The topological polar surface area (TPSA) is 87.7 Å². The van der Waals surface area contributed by atoms with Crippen LogP contribution in [-0.2, 0) is 16.1 Å². The molecule has 196 valence electrons. The van der Waals surface area contributed by atoms with Gasteiger partial charge in [0.15, 0.2) is 5.16 Å². The summed E-state index contributed by atoms with van der Waals surface area (Å²) in [6, 6.07) is 16.9. The predicted octanol–water partition coefficient (Wildman–Crippen LogP) is 4.71. The fourth-order valence-electron chi connectivity index (χ4n) is 3.72. The molecule has 0 saturated heterocycles. The van der Waals surface area contributed by atoms with Crippen molar-refractivity contribution >= 4 is 35.0 Å². The summed E-state index contributed by atoms with van der Waals surface area (Å²) in [6.07, 6.45) is 0. The molecule has 8 nitrogen and oxygen atoms in total. The highest BCUT2D eigenvalue weighted by Crippen LogP contribution is 2.25. The Kier molecular flexibility index (Phi) is 9.15. The number of aromatic nitrogens is 2. The van der Waals surface area contributed by atoms with Crippen LogP contribution in [0.5, 0.6) is 5.75 Å². The van der Waals surface area contributed by atoms with E-state index >= 15 is 0 Å². The summed E-state index contributed by atoms with van der Waals surface area (Å²) in [7, 11) is 5.52. The summed E-state index contributed by atoms with van der Waals surface area (Å²) in [5.74, 6) is 0.362. The highest BCUT2D eigenvalue weighted by molar-refractivity contribution is 7.99. The van der Waals surface area contributed by atoms with Gasteiger partial charge in [-0.05, 0) is 75.7 Å². The first-order valence-electron chi connectivity index (χ1n) is 12.0. The minimum atomic E-state index is -1.14. The van der Waals surface area contributed by atoms with Gasteiger partial charge in [-0.1, -0.05) is 23.9 Å². The molecular formula is C28H35N5O3S. The van der Waals surface area contributed by atoms with Crippen molar-refractivity contribution in [2.45, 2.75) is 44.9 Å². The number of hydrogen-bond donors (Lipinski definition) is 1. The van der Waals surface area contributed by atoms with Gasteiger partial charge in [-0.15, -0.1) is 0 Å². The summed E-state index contributed by atoms with van der Waals surface area (Å²) in [5, 5.41) is 3.51. The van der Waals surface area contributed by atoms with E-state index in [0.717, 1.165) is 28.4 Å². The second kappa shape index (κ2) is 12.1. The zero-order chi connectivity index (χ0) is 27.2. The summed E-state index contributed by atoms with van der Waals surface area (Å²) < 4.78 is 5.26. The number of carbonyl (C=O) groups is 2. The maximum Gasteiger partial charge on any atom is 0.249 e. The van der Waals surface area contributed by atoms with E-state index in [2.05, 4.69) is 15.3 Å². The monoisotopic (exact) mass is 521 g/mol. The summed E-state index contributed by atoms with van der Waals surface area (Å²) >= 11 is 1.27. The molecule has 3 aromatic rings. The Balaban J connectivity index is 1.83. The molecule has 0 aliphatic heterocycles. The van der Waals surface area contributed by atoms with Crippen molar-refractivity contribution in [1.82, 2.24) is 14.9 Å². The molecule has 0 unspecified atom stereocenters. The van der Waals surface area contributed by atoms with Gasteiger partial charge in [0.1, 0.15) is 11.3 Å². The van der Waals surface area contributed by atoms with E-state index in [9.17, 15) is 9.59 Å². The Hall–Kier alpha value is -3.59. The smallest absolute Gasteiger partial charge is 0.249 e. The number of nitrogens with zero attached hydrogens (tertiary/aromatic N) is 4. The fourth-order valence-corrected chi connectivity index (χ4v) is 4.55. The predicted molar refractivity (Wildman–Crippen MR) is 149 cm³/mol. The van der Waals surface area contributed by atoms with Gasteiger partial charge >= 0.3 is 0 Å². The third kappa shape index (κ3) is 7.45. The molecule has 0 aliphatic carbocycles. The molecule has 0 radical (unpaired) electrons. The first-order chi connectivity index (χ1) is 17.5. The van der Waals surface area contributed by atoms with Gasteiger partial charge in [0, 0.05) is 43.4 Å². The lowest BCUT2D eigenvalue weighted by Gasteiger charge is -2.37. The van der Waals surface area contributed by atoms with Crippen LogP contribution >= 0.6 is 11.8 Å². The van der Waals surface area contributed by atoms with E-state index < -0.39 is 5.54 Å². The Bertz CT molecular complexity index is 1210. The number of aryl methyl sites for hydroxylation is 2. The second-order valence-electron chi connectivity index (χ2n) is 9.50. The van der Waals surface area contributed by atoms with Crippen molar-refractivity contribution in [3.8, 4) is 5.75 Å². The summed E-state index contributed by atoms with van der Waals surface area (Å²) in [6.45, 7) is 7.58. The van der Waals surface area contributed by atoms with Crippen LogP contribution in [0.25, 0.3) is 0 Å². The Morgan fingerprint density at radius 1 is 0.973 bits per heavy atom. The zero-order valence-corrected chi connectivity index (χ0v) is 23.3. The van der Waals surface area contributed by atoms with Gasteiger partial charge in [-0.3, -0.25) is 9.59 Å². The third-order valence-corrected chi connectivity index (χ3v) is 6.79. The molecule has 1 heterocycles. The Labute approximate surface area is 223 Å². The normalized spacial score (nSPS) is 11.1. The Morgan fingerprint density at radius 3 is 2.11 bits per heavy atom. The van der Waals surface area contributed by atoms with Gasteiger partial charge in [0.2, 0.25) is 11.8 Å². The molecule has 0 aliphatic rings. The first kappa shape index (κ1) is 28.0. The van der Waals surface area contributed by atoms with Crippen molar-refractivity contribution in [2.24, 2.45) is 0 Å². The number of carbonyl (C=O) groups excluding carboxylic acids is 2. The SMILES string of the molecule is COc1ccc(CN(C(=O)CSc2nc(C)cc(C)n2)C(C)(C)C(=O)Nc2ccc(N(C)C)cc2)cc1. The van der Waals surface area contributed by atoms with Crippen LogP contribution in [0.2, 0.25) is 0 Å². The van der Waals surface area contributed by atoms with Crippen LogP contribution < -0.4 is 15.0 Å². The molecular weight excluding hydrogens is 486 g/mol. The van der Waals surface area contributed by atoms with Crippen LogP contribution in [0.15, 0.2) is 59.8 Å². The molecule has 37 heavy (non-hydrogen) atoms. The van der Waals surface area contributed by atoms with Crippen molar-refractivity contribution in [2.75, 3.05) is 37.2 Å². The number of rotatable bonds is 10. The largest absolute Gasteiger partial charge is 0.497 e. The highest BCUT2D eigenvalue weighted by atomic mass is 32.2. The minimum Gasteiger partial charge on any atom is -0.497 e. The summed E-state index contributed by atoms with van der Waals surface area (Å²) in [5.41, 5.74) is 3.13. The molecule has 2 aromatic carbocycles. The molecule has 1 aromatic heterocycles. The quantitative estimate of drug-likeness (QED) is 0.305. The lowest BCUT2D eigenvalue weighted by molar-refractivity contribution is -0.142. The molecule has 0 atom stereocenters. The van der Waals surface area contributed by atoms with Crippen molar-refractivity contribution in [3.63, 3.8) is 0 Å². The van der Waals surface area contributed by atoms with Crippen LogP contribution in [0, 0.1) is 13.8 Å². The van der Waals surface area contributed by atoms with Crippen LogP contribution in [0.1, 0.15) is 30.8 Å². The standard InChI is InChI=1S/C28H35N5O3S/c1-19-16-20(2)30-27(29-19)37-18-25(34)33(17-21-8-14-24(36-7)15-9-21)28(3,4)26(35)31-22-10-12-23(13-11-22)32(5)6/h8-16H,17-18H2,1-7H3,(H,31,35). The number of thioether (sulfide) groups is 1. The first-order valence-corrected chi connectivity index (χ1v) is 13.0. The summed E-state index contributed by atoms with van der Waals surface area (Å²) in [4.78, 5) is 39.5. The van der Waals surface area contributed by atoms with Crippen LogP contribution in [-0.4, -0.2) is 59.2 Å². The van der Waals surface area contributed by atoms with E-state index in [0.29, 0.717) is 10.8 Å². The fraction of sp³-hybridized carbons (Fsp3) is 0.357. The van der Waals surface area contributed by atoms with Gasteiger partial charge < -0.3 is 19.9 Å². The third-order valence-electron chi connectivity index (χ3n) is 5.96. The van der Waals surface area contributed by atoms with Crippen LogP contribution in [0.4, 0.5) is 11.4 Å². The number of benzene rings is 2. The minimum absolute atomic E-state index is 0.104. The molecule has 2 amide bonds. The molecule has 1 N–H and O–H groups in total. The van der Waals surface area contributed by atoms with E-state index in [-0.39, 0.29) is 24.1 Å². The maximum absolute atomic E-state index is 13.6. The van der Waals surface area contributed by atoms with Gasteiger partial charge in [-0.2, -0.15) is 0 Å². The number of anilines is 2. The lowest BCUT2D eigenvalue weighted by Crippen LogP contribution is -2.55. The van der Waals surface area contributed by atoms with Crippen molar-refractivity contribution in [1.29, 1.82) is 0 Å². The lowest BCUT2D eigenvalue weighted by atomic mass is 9.99. The number of hydrogen-bond acceptors (Lipinski definition) is 7. The second-order valence-corrected chi connectivity index (χ2v) is 10.4. The van der Waals surface area contributed by atoms with E-state index in [1.165, 1.54) is 11.8 Å². The Morgan fingerprint density at radius 2 is 1.57 bits per heavy atom. The molecule has 9 heteroatoms.